The van der Waals surface area contributed by atoms with Gasteiger partial charge in [0.2, 0.25) is 0 Å². The van der Waals surface area contributed by atoms with Gasteiger partial charge in [0.1, 0.15) is 10.5 Å². The van der Waals surface area contributed by atoms with Crippen LogP contribution in [0.2, 0.25) is 0 Å². The molecular weight excluding hydrogens is 200 g/mol. The lowest BCUT2D eigenvalue weighted by Gasteiger charge is -2.12. The molecule has 1 rings (SSSR count). The third-order valence-electron chi connectivity index (χ3n) is 2.35. The van der Waals surface area contributed by atoms with E-state index >= 15 is 0 Å². The summed E-state index contributed by atoms with van der Waals surface area (Å²) < 4.78 is 5.45. The normalized spacial score (nSPS) is 11.9. The summed E-state index contributed by atoms with van der Waals surface area (Å²) in [5.41, 5.74) is 2.31. The van der Waals surface area contributed by atoms with Crippen molar-refractivity contribution in [2.75, 3.05) is 0 Å². The van der Waals surface area contributed by atoms with Crippen LogP contribution in [-0.4, -0.2) is 10.5 Å². The molecule has 0 saturated heterocycles. The molecule has 0 fully saturated rings. The maximum atomic E-state index is 5.45. The molecule has 1 nitrogen and oxygen atoms in total. The van der Waals surface area contributed by atoms with Gasteiger partial charge in [-0.15, -0.1) is 0 Å². The molecule has 0 saturated carbocycles. The highest BCUT2D eigenvalue weighted by atomic mass is 28.2. The Morgan fingerprint density at radius 3 is 2.80 bits per heavy atom. The van der Waals surface area contributed by atoms with E-state index < -0.39 is 0 Å². The molecule has 0 heterocycles. The first-order valence-corrected chi connectivity index (χ1v) is 6.21. The summed E-state index contributed by atoms with van der Waals surface area (Å²) in [5, 5.41) is 0. The van der Waals surface area contributed by atoms with Crippen LogP contribution in [0.1, 0.15) is 43.9 Å². The van der Waals surface area contributed by atoms with Crippen molar-refractivity contribution in [3.8, 4) is 11.8 Å². The lowest BCUT2D eigenvalue weighted by atomic mass is 10.0. The maximum Gasteiger partial charge on any atom is 0.146 e. The molecule has 0 aliphatic carbocycles. The minimum absolute atomic E-state index is 0.170. The third kappa shape index (κ3) is 3.54. The average molecular weight is 218 g/mol. The van der Waals surface area contributed by atoms with E-state index in [-0.39, 0.29) is 6.10 Å². The fraction of sp³-hybridized carbons (Fsp3) is 0.385. The van der Waals surface area contributed by atoms with Crippen molar-refractivity contribution in [1.29, 1.82) is 0 Å². The maximum absolute atomic E-state index is 5.45. The Labute approximate surface area is 95.4 Å². The van der Waals surface area contributed by atoms with Crippen LogP contribution in [0.4, 0.5) is 0 Å². The van der Waals surface area contributed by atoms with Gasteiger partial charge in [0.15, 0.2) is 0 Å². The molecule has 0 aliphatic rings. The molecule has 15 heavy (non-hydrogen) atoms. The molecule has 1 unspecified atom stereocenters. The Bertz CT molecular complexity index is 362. The van der Waals surface area contributed by atoms with Gasteiger partial charge in [-0.2, -0.15) is 0 Å². The number of hydrogen-bond donors (Lipinski definition) is 0. The quantitative estimate of drug-likeness (QED) is 0.558. The zero-order valence-corrected chi connectivity index (χ0v) is 11.7. The van der Waals surface area contributed by atoms with Crippen molar-refractivity contribution >= 4 is 10.5 Å². The number of benzene rings is 1. The van der Waals surface area contributed by atoms with Crippen molar-refractivity contribution < 1.29 is 4.43 Å². The van der Waals surface area contributed by atoms with E-state index in [1.165, 1.54) is 5.56 Å². The predicted octanol–water partition coefficient (Wildman–Crippen LogP) is 2.20. The minimum atomic E-state index is 0.170. The third-order valence-corrected chi connectivity index (χ3v) is 3.06. The molecule has 0 aliphatic heterocycles. The first kappa shape index (κ1) is 12.0. The van der Waals surface area contributed by atoms with E-state index in [2.05, 4.69) is 37.8 Å². The van der Waals surface area contributed by atoms with Crippen molar-refractivity contribution in [1.82, 2.24) is 0 Å². The van der Waals surface area contributed by atoms with Gasteiger partial charge in [0.25, 0.3) is 0 Å². The van der Waals surface area contributed by atoms with Crippen molar-refractivity contribution in [2.24, 2.45) is 0 Å². The van der Waals surface area contributed by atoms with E-state index in [0.717, 1.165) is 28.9 Å². The Hall–Kier alpha value is -1.04. The van der Waals surface area contributed by atoms with Crippen molar-refractivity contribution in [3.05, 3.63) is 35.4 Å². The van der Waals surface area contributed by atoms with Gasteiger partial charge in [-0.1, -0.05) is 37.0 Å². The van der Waals surface area contributed by atoms with E-state index in [1.54, 1.807) is 0 Å². The molecule has 0 spiro atoms. The largest absolute Gasteiger partial charge is 0.421 e. The van der Waals surface area contributed by atoms with Crippen LogP contribution in [0.25, 0.3) is 0 Å². The Kier molecular flexibility index (Phi) is 5.17. The van der Waals surface area contributed by atoms with Crippen LogP contribution in [0.15, 0.2) is 24.3 Å². The van der Waals surface area contributed by atoms with Crippen molar-refractivity contribution in [2.45, 2.75) is 32.8 Å². The van der Waals surface area contributed by atoms with Crippen LogP contribution in [-0.2, 0) is 4.43 Å². The molecule has 1 aromatic rings. The van der Waals surface area contributed by atoms with E-state index in [4.69, 9.17) is 4.43 Å². The summed E-state index contributed by atoms with van der Waals surface area (Å²) in [6, 6.07) is 8.23. The standard InChI is InChI=1S/C13H18OSi/c1-3-4-5-8-12-9-6-7-10-13(12)11(2)14-15/h6-7,9-11H,3-4H2,1-2,15H3. The first-order chi connectivity index (χ1) is 7.29. The summed E-state index contributed by atoms with van der Waals surface area (Å²) in [5.74, 6) is 6.39. The van der Waals surface area contributed by atoms with E-state index in [0.29, 0.717) is 0 Å². The van der Waals surface area contributed by atoms with Gasteiger partial charge in [0, 0.05) is 12.0 Å². The highest BCUT2D eigenvalue weighted by molar-refractivity contribution is 5.98. The summed E-state index contributed by atoms with van der Waals surface area (Å²) in [4.78, 5) is 0. The SMILES string of the molecule is CCCC#Cc1ccccc1C(C)O[SiH3]. The molecule has 0 aromatic heterocycles. The number of hydrogen-bond acceptors (Lipinski definition) is 1. The van der Waals surface area contributed by atoms with Gasteiger partial charge in [-0.3, -0.25) is 0 Å². The smallest absolute Gasteiger partial charge is 0.146 e. The van der Waals surface area contributed by atoms with Crippen molar-refractivity contribution in [3.63, 3.8) is 0 Å². The van der Waals surface area contributed by atoms with Crippen LogP contribution in [0, 0.1) is 11.8 Å². The highest BCUT2D eigenvalue weighted by Gasteiger charge is 2.06. The molecule has 1 aromatic carbocycles. The van der Waals surface area contributed by atoms with Crippen LogP contribution < -0.4 is 0 Å². The predicted molar refractivity (Wildman–Crippen MR) is 67.7 cm³/mol. The Balaban J connectivity index is 2.92. The second-order valence-corrected chi connectivity index (χ2v) is 3.99. The van der Waals surface area contributed by atoms with Gasteiger partial charge < -0.3 is 4.43 Å². The summed E-state index contributed by atoms with van der Waals surface area (Å²) >= 11 is 0. The second-order valence-electron chi connectivity index (χ2n) is 3.52. The Morgan fingerprint density at radius 1 is 1.40 bits per heavy atom. The molecule has 0 bridgehead atoms. The van der Waals surface area contributed by atoms with Crippen LogP contribution >= 0.6 is 0 Å². The van der Waals surface area contributed by atoms with Gasteiger partial charge in [-0.05, 0) is 25.0 Å². The summed E-state index contributed by atoms with van der Waals surface area (Å²) in [7, 11) is 0.763. The zero-order chi connectivity index (χ0) is 11.1. The van der Waals surface area contributed by atoms with Gasteiger partial charge in [0.05, 0.1) is 6.10 Å². The Morgan fingerprint density at radius 2 is 2.13 bits per heavy atom. The van der Waals surface area contributed by atoms with Gasteiger partial charge in [-0.25, -0.2) is 0 Å². The molecule has 0 N–H and O–H groups in total. The summed E-state index contributed by atoms with van der Waals surface area (Å²) in [6.07, 6.45) is 2.25. The monoisotopic (exact) mass is 218 g/mol. The molecule has 80 valence electrons. The fourth-order valence-electron chi connectivity index (χ4n) is 1.38. The molecule has 0 radical (unpaired) electrons. The minimum Gasteiger partial charge on any atom is -0.421 e. The molecule has 0 amide bonds. The zero-order valence-electron chi connectivity index (χ0n) is 9.71. The van der Waals surface area contributed by atoms with Crippen LogP contribution in [0.5, 0.6) is 0 Å². The fourth-order valence-corrected chi connectivity index (χ4v) is 1.63. The highest BCUT2D eigenvalue weighted by Crippen LogP contribution is 2.19. The average Bonchev–Trinajstić information content (AvgIpc) is 2.29. The van der Waals surface area contributed by atoms with Crippen LogP contribution in [0.3, 0.4) is 0 Å². The second kappa shape index (κ2) is 6.44. The van der Waals surface area contributed by atoms with Gasteiger partial charge >= 0.3 is 0 Å². The van der Waals surface area contributed by atoms with E-state index in [1.807, 2.05) is 12.1 Å². The number of unbranched alkanes of at least 4 members (excludes halogenated alkanes) is 1. The summed E-state index contributed by atoms with van der Waals surface area (Å²) in [6.45, 7) is 4.22. The lowest BCUT2D eigenvalue weighted by Crippen LogP contribution is -1.99. The molecule has 2 heteroatoms. The number of rotatable bonds is 3. The topological polar surface area (TPSA) is 9.23 Å². The van der Waals surface area contributed by atoms with E-state index in [9.17, 15) is 0 Å². The first-order valence-electron chi connectivity index (χ1n) is 5.40. The lowest BCUT2D eigenvalue weighted by molar-refractivity contribution is 0.250. The molecule has 1 atom stereocenters. The molecular formula is C13H18OSi.